The predicted molar refractivity (Wildman–Crippen MR) is 78.7 cm³/mol. The van der Waals surface area contributed by atoms with E-state index in [0.717, 1.165) is 0 Å². The van der Waals surface area contributed by atoms with Crippen LogP contribution >= 0.6 is 0 Å². The van der Waals surface area contributed by atoms with Crippen LogP contribution in [-0.2, 0) is 4.79 Å². The van der Waals surface area contributed by atoms with Gasteiger partial charge in [-0.15, -0.1) is 0 Å². The molecule has 2 amide bonds. The Bertz CT molecular complexity index is 689. The second kappa shape index (κ2) is 7.63. The standard InChI is InChI=1S/C15H13FN4O2/c16-13-7-2-1-6-12(13)15(22)18-10-14(21)20-19-9-11-5-3-4-8-17-11/h1-9H,10H2,(H,18,22)(H,20,21)/b19-9-. The van der Waals surface area contributed by atoms with E-state index >= 15 is 0 Å². The summed E-state index contributed by atoms with van der Waals surface area (Å²) in [4.78, 5) is 27.2. The minimum Gasteiger partial charge on any atom is -0.343 e. The first-order valence-corrected chi connectivity index (χ1v) is 6.42. The highest BCUT2D eigenvalue weighted by molar-refractivity contribution is 5.96. The fourth-order valence-corrected chi connectivity index (χ4v) is 1.56. The molecule has 2 rings (SSSR count). The van der Waals surface area contributed by atoms with Gasteiger partial charge in [-0.05, 0) is 24.3 Å². The molecule has 7 heteroatoms. The molecule has 0 bridgehead atoms. The van der Waals surface area contributed by atoms with Gasteiger partial charge in [0.05, 0.1) is 24.0 Å². The van der Waals surface area contributed by atoms with E-state index in [4.69, 9.17) is 0 Å². The molecule has 1 heterocycles. The van der Waals surface area contributed by atoms with Crippen molar-refractivity contribution in [3.63, 3.8) is 0 Å². The number of hydrazone groups is 1. The van der Waals surface area contributed by atoms with Crippen LogP contribution in [0, 0.1) is 5.82 Å². The quantitative estimate of drug-likeness (QED) is 0.640. The van der Waals surface area contributed by atoms with Crippen molar-refractivity contribution in [1.82, 2.24) is 15.7 Å². The van der Waals surface area contributed by atoms with Crippen molar-refractivity contribution in [3.05, 3.63) is 65.7 Å². The summed E-state index contributed by atoms with van der Waals surface area (Å²) in [7, 11) is 0. The van der Waals surface area contributed by atoms with Crippen molar-refractivity contribution in [2.45, 2.75) is 0 Å². The van der Waals surface area contributed by atoms with Gasteiger partial charge in [0.15, 0.2) is 0 Å². The van der Waals surface area contributed by atoms with Crippen LogP contribution < -0.4 is 10.7 Å². The molecule has 0 saturated heterocycles. The summed E-state index contributed by atoms with van der Waals surface area (Å²) in [6.45, 7) is -0.313. The van der Waals surface area contributed by atoms with E-state index in [1.54, 1.807) is 24.4 Å². The maximum absolute atomic E-state index is 13.4. The molecule has 0 fully saturated rings. The number of rotatable bonds is 5. The number of halogens is 1. The first-order chi connectivity index (χ1) is 10.7. The maximum atomic E-state index is 13.4. The Kier molecular flexibility index (Phi) is 5.31. The van der Waals surface area contributed by atoms with Crippen LogP contribution in [0.15, 0.2) is 53.8 Å². The van der Waals surface area contributed by atoms with Crippen molar-refractivity contribution in [2.24, 2.45) is 5.10 Å². The van der Waals surface area contributed by atoms with Gasteiger partial charge >= 0.3 is 0 Å². The first-order valence-electron chi connectivity index (χ1n) is 6.42. The number of pyridine rings is 1. The molecule has 0 aliphatic heterocycles. The smallest absolute Gasteiger partial charge is 0.259 e. The fourth-order valence-electron chi connectivity index (χ4n) is 1.56. The highest BCUT2D eigenvalue weighted by Crippen LogP contribution is 2.05. The summed E-state index contributed by atoms with van der Waals surface area (Å²) in [5.41, 5.74) is 2.70. The lowest BCUT2D eigenvalue weighted by Gasteiger charge is -2.04. The van der Waals surface area contributed by atoms with Gasteiger partial charge < -0.3 is 5.32 Å². The Morgan fingerprint density at radius 2 is 1.95 bits per heavy atom. The lowest BCUT2D eigenvalue weighted by molar-refractivity contribution is -0.120. The van der Waals surface area contributed by atoms with Gasteiger partial charge in [-0.2, -0.15) is 5.10 Å². The molecule has 0 saturated carbocycles. The summed E-state index contributed by atoms with van der Waals surface area (Å²) < 4.78 is 13.4. The van der Waals surface area contributed by atoms with Gasteiger partial charge in [-0.25, -0.2) is 9.82 Å². The van der Waals surface area contributed by atoms with Crippen LogP contribution in [0.4, 0.5) is 4.39 Å². The van der Waals surface area contributed by atoms with Crippen molar-refractivity contribution >= 4 is 18.0 Å². The van der Waals surface area contributed by atoms with Crippen LogP contribution in [0.2, 0.25) is 0 Å². The third kappa shape index (κ3) is 4.48. The molecule has 2 N–H and O–H groups in total. The average molecular weight is 300 g/mol. The van der Waals surface area contributed by atoms with Crippen LogP contribution in [-0.4, -0.2) is 29.6 Å². The molecule has 0 atom stereocenters. The number of carbonyl (C=O) groups excluding carboxylic acids is 2. The molecule has 112 valence electrons. The molecule has 6 nitrogen and oxygen atoms in total. The van der Waals surface area contributed by atoms with Crippen LogP contribution in [0.5, 0.6) is 0 Å². The zero-order valence-electron chi connectivity index (χ0n) is 11.5. The van der Waals surface area contributed by atoms with Gasteiger partial charge in [-0.3, -0.25) is 14.6 Å². The van der Waals surface area contributed by atoms with Crippen LogP contribution in [0.3, 0.4) is 0 Å². The highest BCUT2D eigenvalue weighted by atomic mass is 19.1. The van der Waals surface area contributed by atoms with E-state index < -0.39 is 17.6 Å². The maximum Gasteiger partial charge on any atom is 0.259 e. The lowest BCUT2D eigenvalue weighted by Crippen LogP contribution is -2.35. The Labute approximate surface area is 126 Å². The van der Waals surface area contributed by atoms with Crippen molar-refractivity contribution in [3.8, 4) is 0 Å². The highest BCUT2D eigenvalue weighted by Gasteiger charge is 2.11. The Balaban J connectivity index is 1.80. The molecule has 1 aromatic carbocycles. The van der Waals surface area contributed by atoms with E-state index in [0.29, 0.717) is 5.69 Å². The number of carbonyl (C=O) groups is 2. The normalized spacial score (nSPS) is 10.4. The van der Waals surface area contributed by atoms with Crippen molar-refractivity contribution < 1.29 is 14.0 Å². The Hall–Kier alpha value is -3.09. The minimum absolute atomic E-state index is 0.118. The number of hydrogen-bond acceptors (Lipinski definition) is 4. The van der Waals surface area contributed by atoms with Gasteiger partial charge in [0, 0.05) is 6.20 Å². The average Bonchev–Trinajstić information content (AvgIpc) is 2.54. The number of hydrogen-bond donors (Lipinski definition) is 2. The van der Waals surface area contributed by atoms with E-state index in [1.807, 2.05) is 0 Å². The second-order valence-electron chi connectivity index (χ2n) is 4.21. The monoisotopic (exact) mass is 300 g/mol. The van der Waals surface area contributed by atoms with E-state index in [1.165, 1.54) is 30.5 Å². The molecule has 2 aromatic rings. The SMILES string of the molecule is O=C(CNC(=O)c1ccccc1F)N/N=C\c1ccccn1. The zero-order valence-corrected chi connectivity index (χ0v) is 11.5. The molecule has 0 spiro atoms. The molecule has 0 unspecified atom stereocenters. The number of nitrogens with one attached hydrogen (secondary N) is 2. The number of aromatic nitrogens is 1. The van der Waals surface area contributed by atoms with E-state index in [-0.39, 0.29) is 12.1 Å². The molecule has 1 aromatic heterocycles. The second-order valence-corrected chi connectivity index (χ2v) is 4.21. The fraction of sp³-hybridized carbons (Fsp3) is 0.0667. The van der Waals surface area contributed by atoms with Gasteiger partial charge in [-0.1, -0.05) is 18.2 Å². The Morgan fingerprint density at radius 1 is 1.18 bits per heavy atom. The van der Waals surface area contributed by atoms with Crippen molar-refractivity contribution in [1.29, 1.82) is 0 Å². The van der Waals surface area contributed by atoms with E-state index in [9.17, 15) is 14.0 Å². The zero-order chi connectivity index (χ0) is 15.8. The lowest BCUT2D eigenvalue weighted by atomic mass is 10.2. The summed E-state index contributed by atoms with van der Waals surface area (Å²) in [5.74, 6) is -1.84. The largest absolute Gasteiger partial charge is 0.343 e. The number of amides is 2. The molecule has 0 radical (unpaired) electrons. The van der Waals surface area contributed by atoms with Gasteiger partial charge in [0.1, 0.15) is 5.82 Å². The molecular weight excluding hydrogens is 287 g/mol. The Morgan fingerprint density at radius 3 is 2.68 bits per heavy atom. The summed E-state index contributed by atoms with van der Waals surface area (Å²) in [6, 6.07) is 10.8. The van der Waals surface area contributed by atoms with Crippen LogP contribution in [0.1, 0.15) is 16.1 Å². The van der Waals surface area contributed by atoms with Gasteiger partial charge in [0.2, 0.25) is 0 Å². The molecular formula is C15H13FN4O2. The predicted octanol–water partition coefficient (Wildman–Crippen LogP) is 1.10. The third-order valence-electron chi connectivity index (χ3n) is 2.60. The van der Waals surface area contributed by atoms with Crippen LogP contribution in [0.25, 0.3) is 0 Å². The van der Waals surface area contributed by atoms with E-state index in [2.05, 4.69) is 20.8 Å². The third-order valence-corrected chi connectivity index (χ3v) is 2.60. The van der Waals surface area contributed by atoms with Gasteiger partial charge in [0.25, 0.3) is 11.8 Å². The first kappa shape index (κ1) is 15.3. The van der Waals surface area contributed by atoms with Crippen molar-refractivity contribution in [2.75, 3.05) is 6.54 Å². The summed E-state index contributed by atoms with van der Waals surface area (Å²) >= 11 is 0. The molecule has 0 aliphatic rings. The molecule has 0 aliphatic carbocycles. The summed E-state index contributed by atoms with van der Waals surface area (Å²) in [6.07, 6.45) is 2.97. The number of nitrogens with zero attached hydrogens (tertiary/aromatic N) is 2. The topological polar surface area (TPSA) is 83.5 Å². The minimum atomic E-state index is -0.665. The summed E-state index contributed by atoms with van der Waals surface area (Å²) in [5, 5.41) is 6.01. The molecule has 22 heavy (non-hydrogen) atoms. The number of benzene rings is 1.